The molecule has 2 N–H and O–H groups in total. The summed E-state index contributed by atoms with van der Waals surface area (Å²) in [5.41, 5.74) is 0.653. The Morgan fingerprint density at radius 3 is 2.72 bits per heavy atom. The van der Waals surface area contributed by atoms with Gasteiger partial charge in [0.25, 0.3) is 0 Å². The zero-order valence-electron chi connectivity index (χ0n) is 10.3. The maximum atomic E-state index is 10.1. The van der Waals surface area contributed by atoms with E-state index in [9.17, 15) is 5.11 Å². The summed E-state index contributed by atoms with van der Waals surface area (Å²) in [6.07, 6.45) is 5.29. The average Bonchev–Trinajstić information content (AvgIpc) is 2.69. The first-order chi connectivity index (χ1) is 8.44. The van der Waals surface area contributed by atoms with E-state index < -0.39 is 5.60 Å². The molecular formula is C13H16BrClN2O. The van der Waals surface area contributed by atoms with Crippen LogP contribution < -0.4 is 5.32 Å². The molecule has 1 aromatic rings. The molecule has 98 valence electrons. The highest BCUT2D eigenvalue weighted by atomic mass is 79.9. The molecular weight excluding hydrogens is 316 g/mol. The number of halogens is 2. The van der Waals surface area contributed by atoms with Crippen LogP contribution >= 0.6 is 27.5 Å². The second-order valence-corrected chi connectivity index (χ2v) is 7.01. The van der Waals surface area contributed by atoms with E-state index in [-0.39, 0.29) is 5.41 Å². The van der Waals surface area contributed by atoms with Crippen LogP contribution in [0.5, 0.6) is 0 Å². The number of nitrogens with zero attached hydrogens (tertiary/aromatic N) is 1. The number of pyridine rings is 1. The summed E-state index contributed by atoms with van der Waals surface area (Å²) < 4.78 is 0.850. The molecule has 1 aromatic heterocycles. The monoisotopic (exact) mass is 330 g/mol. The molecule has 0 unspecified atom stereocenters. The highest BCUT2D eigenvalue weighted by Crippen LogP contribution is 2.51. The summed E-state index contributed by atoms with van der Waals surface area (Å²) in [6, 6.07) is 0. The predicted molar refractivity (Wildman–Crippen MR) is 76.2 cm³/mol. The summed E-state index contributed by atoms with van der Waals surface area (Å²) >= 11 is 9.89. The molecule has 1 spiro atoms. The zero-order chi connectivity index (χ0) is 13.0. The molecule has 2 heterocycles. The maximum Gasteiger partial charge on any atom is 0.131 e. The number of hydrogen-bond acceptors (Lipinski definition) is 3. The summed E-state index contributed by atoms with van der Waals surface area (Å²) in [7, 11) is 0. The summed E-state index contributed by atoms with van der Waals surface area (Å²) in [6.45, 7) is 2.80. The Morgan fingerprint density at radius 2 is 2.06 bits per heavy atom. The first-order valence-corrected chi connectivity index (χ1v) is 7.41. The Morgan fingerprint density at radius 1 is 1.39 bits per heavy atom. The molecule has 0 bridgehead atoms. The highest BCUT2D eigenvalue weighted by molar-refractivity contribution is 9.10. The number of aliphatic hydroxyl groups is 1. The molecule has 3 nitrogen and oxygen atoms in total. The van der Waals surface area contributed by atoms with Crippen molar-refractivity contribution in [2.24, 2.45) is 0 Å². The van der Waals surface area contributed by atoms with Gasteiger partial charge in [-0.2, -0.15) is 0 Å². The van der Waals surface area contributed by atoms with Gasteiger partial charge in [-0.1, -0.05) is 11.6 Å². The van der Waals surface area contributed by atoms with Crippen LogP contribution in [0.3, 0.4) is 0 Å². The Balaban J connectivity index is 2.02. The van der Waals surface area contributed by atoms with Gasteiger partial charge in [-0.15, -0.1) is 0 Å². The van der Waals surface area contributed by atoms with Crippen molar-refractivity contribution in [3.05, 3.63) is 21.3 Å². The highest BCUT2D eigenvalue weighted by Gasteiger charge is 2.46. The fourth-order valence-corrected chi connectivity index (χ4v) is 3.76. The molecule has 3 rings (SSSR count). The third-order valence-electron chi connectivity index (χ3n) is 4.38. The molecule has 2 aliphatic rings. The van der Waals surface area contributed by atoms with E-state index in [2.05, 4.69) is 26.2 Å². The number of fused-ring (bicyclic) bond motifs is 2. The van der Waals surface area contributed by atoms with Crippen LogP contribution in [0.1, 0.15) is 38.2 Å². The summed E-state index contributed by atoms with van der Waals surface area (Å²) in [5.74, 6) is 0.907. The van der Waals surface area contributed by atoms with Crippen molar-refractivity contribution >= 4 is 33.3 Å². The Bertz CT molecular complexity index is 494. The number of anilines is 1. The van der Waals surface area contributed by atoms with Crippen LogP contribution in [0.4, 0.5) is 5.82 Å². The fraction of sp³-hybridized carbons (Fsp3) is 0.615. The SMILES string of the molecule is CC1(O)CCC2(CC1)CNc1ncc(Br)c(Cl)c12. The number of nitrogens with one attached hydrogen (secondary N) is 1. The average molecular weight is 332 g/mol. The Hall–Kier alpha value is -0.320. The molecule has 1 saturated carbocycles. The third kappa shape index (κ3) is 1.86. The summed E-state index contributed by atoms with van der Waals surface area (Å²) in [5, 5.41) is 14.2. The third-order valence-corrected chi connectivity index (χ3v) is 5.60. The predicted octanol–water partition coefficient (Wildman–Crippen LogP) is 3.49. The molecule has 0 radical (unpaired) electrons. The molecule has 1 aliphatic carbocycles. The van der Waals surface area contributed by atoms with E-state index in [1.807, 2.05) is 6.92 Å². The lowest BCUT2D eigenvalue weighted by atomic mass is 9.67. The van der Waals surface area contributed by atoms with Crippen LogP contribution in [0.25, 0.3) is 0 Å². The van der Waals surface area contributed by atoms with E-state index in [0.29, 0.717) is 0 Å². The van der Waals surface area contributed by atoms with Gasteiger partial charge >= 0.3 is 0 Å². The van der Waals surface area contributed by atoms with Gasteiger partial charge in [-0.3, -0.25) is 0 Å². The van der Waals surface area contributed by atoms with Gasteiger partial charge in [-0.25, -0.2) is 4.98 Å². The van der Waals surface area contributed by atoms with Gasteiger partial charge < -0.3 is 10.4 Å². The maximum absolute atomic E-state index is 10.1. The van der Waals surface area contributed by atoms with Crippen LogP contribution in [0.15, 0.2) is 10.7 Å². The fourth-order valence-electron chi connectivity index (χ4n) is 3.12. The molecule has 0 saturated heterocycles. The van der Waals surface area contributed by atoms with Crippen molar-refractivity contribution in [3.63, 3.8) is 0 Å². The van der Waals surface area contributed by atoms with E-state index in [4.69, 9.17) is 11.6 Å². The van der Waals surface area contributed by atoms with Crippen molar-refractivity contribution in [1.29, 1.82) is 0 Å². The molecule has 0 atom stereocenters. The molecule has 18 heavy (non-hydrogen) atoms. The van der Waals surface area contributed by atoms with Crippen LogP contribution in [-0.4, -0.2) is 22.2 Å². The number of aromatic nitrogens is 1. The minimum atomic E-state index is -0.528. The lowest BCUT2D eigenvalue weighted by molar-refractivity contribution is 0.00319. The normalized spacial score (nSPS) is 34.4. The molecule has 0 aromatic carbocycles. The first kappa shape index (κ1) is 12.7. The van der Waals surface area contributed by atoms with E-state index in [0.717, 1.165) is 53.1 Å². The van der Waals surface area contributed by atoms with E-state index >= 15 is 0 Å². The van der Waals surface area contributed by atoms with Crippen LogP contribution in [0, 0.1) is 0 Å². The first-order valence-electron chi connectivity index (χ1n) is 6.24. The van der Waals surface area contributed by atoms with Crippen LogP contribution in [-0.2, 0) is 5.41 Å². The minimum Gasteiger partial charge on any atom is -0.390 e. The van der Waals surface area contributed by atoms with Crippen molar-refractivity contribution in [3.8, 4) is 0 Å². The van der Waals surface area contributed by atoms with Crippen LogP contribution in [0.2, 0.25) is 5.02 Å². The van der Waals surface area contributed by atoms with Crippen molar-refractivity contribution in [1.82, 2.24) is 4.98 Å². The number of hydrogen-bond donors (Lipinski definition) is 2. The number of rotatable bonds is 0. The molecule has 5 heteroatoms. The Kier molecular flexibility index (Phi) is 2.88. The van der Waals surface area contributed by atoms with Gasteiger partial charge in [0.2, 0.25) is 0 Å². The second kappa shape index (κ2) is 4.09. The smallest absolute Gasteiger partial charge is 0.131 e. The lowest BCUT2D eigenvalue weighted by Crippen LogP contribution is -2.40. The van der Waals surface area contributed by atoms with Crippen molar-refractivity contribution < 1.29 is 5.11 Å². The van der Waals surface area contributed by atoms with Crippen molar-refractivity contribution in [2.45, 2.75) is 43.6 Å². The van der Waals surface area contributed by atoms with Gasteiger partial charge in [0, 0.05) is 23.7 Å². The zero-order valence-corrected chi connectivity index (χ0v) is 12.6. The molecule has 1 aliphatic heterocycles. The van der Waals surface area contributed by atoms with Gasteiger partial charge in [0.15, 0.2) is 0 Å². The van der Waals surface area contributed by atoms with Gasteiger partial charge in [0.1, 0.15) is 5.82 Å². The van der Waals surface area contributed by atoms with E-state index in [1.54, 1.807) is 6.20 Å². The van der Waals surface area contributed by atoms with Gasteiger partial charge in [0.05, 0.1) is 15.1 Å². The summed E-state index contributed by atoms with van der Waals surface area (Å²) in [4.78, 5) is 4.40. The standard InChI is InChI=1S/C13H16BrClN2O/c1-12(18)2-4-13(5-3-12)7-17-11-9(13)10(15)8(14)6-16-11/h6,18H,2-5,7H2,1H3,(H,16,17). The largest absolute Gasteiger partial charge is 0.390 e. The molecule has 1 fully saturated rings. The minimum absolute atomic E-state index is 0.0471. The quantitative estimate of drug-likeness (QED) is 0.765. The van der Waals surface area contributed by atoms with Crippen molar-refractivity contribution in [2.75, 3.05) is 11.9 Å². The van der Waals surface area contributed by atoms with Gasteiger partial charge in [-0.05, 0) is 48.5 Å². The van der Waals surface area contributed by atoms with E-state index in [1.165, 1.54) is 0 Å². The second-order valence-electron chi connectivity index (χ2n) is 5.77. The Labute approximate surface area is 120 Å². The lowest BCUT2D eigenvalue weighted by Gasteiger charge is -2.40. The topological polar surface area (TPSA) is 45.1 Å². The molecule has 0 amide bonds.